The first-order valence-corrected chi connectivity index (χ1v) is 10.5. The fraction of sp³-hybridized carbons (Fsp3) is 0.350. The van der Waals surface area contributed by atoms with Gasteiger partial charge in [-0.1, -0.05) is 35.9 Å². The second-order valence-corrected chi connectivity index (χ2v) is 8.50. The summed E-state index contributed by atoms with van der Waals surface area (Å²) in [6.45, 7) is 2.54. The van der Waals surface area contributed by atoms with Gasteiger partial charge < -0.3 is 9.64 Å². The minimum absolute atomic E-state index is 0.00273. The lowest BCUT2D eigenvalue weighted by Crippen LogP contribution is -2.37. The molecule has 7 heteroatoms. The smallest absolute Gasteiger partial charge is 0.252 e. The monoisotopic (exact) mass is 388 g/mol. The third kappa shape index (κ3) is 4.87. The third-order valence-electron chi connectivity index (χ3n) is 4.49. The Kier molecular flexibility index (Phi) is 5.82. The molecule has 1 heterocycles. The van der Waals surface area contributed by atoms with E-state index in [9.17, 15) is 13.2 Å². The van der Waals surface area contributed by atoms with Gasteiger partial charge in [0.05, 0.1) is 11.4 Å². The minimum Gasteiger partial charge on any atom is -0.375 e. The van der Waals surface area contributed by atoms with Crippen LogP contribution < -0.4 is 9.62 Å². The maximum atomic E-state index is 12.6. The minimum atomic E-state index is -3.56. The maximum absolute atomic E-state index is 12.6. The summed E-state index contributed by atoms with van der Waals surface area (Å²) in [5.74, 6) is -0.226. The predicted octanol–water partition coefficient (Wildman–Crippen LogP) is 2.86. The number of carbonyl (C=O) groups excluding carboxylic acids is 1. The van der Waals surface area contributed by atoms with E-state index in [0.717, 1.165) is 35.2 Å². The summed E-state index contributed by atoms with van der Waals surface area (Å²) >= 11 is 0. The number of hydrogen-bond acceptors (Lipinski definition) is 4. The fourth-order valence-electron chi connectivity index (χ4n) is 3.34. The Morgan fingerprint density at radius 3 is 2.78 bits per heavy atom. The summed E-state index contributed by atoms with van der Waals surface area (Å²) in [5.41, 5.74) is 3.99. The SMILES string of the molecule is COCC(=O)N1CCCc2ccc(NS(=O)(=O)Cc3cccc(C)c3)cc21. The molecule has 27 heavy (non-hydrogen) atoms. The van der Waals surface area contributed by atoms with Crippen molar-refractivity contribution in [3.8, 4) is 0 Å². The average Bonchev–Trinajstić information content (AvgIpc) is 2.60. The summed E-state index contributed by atoms with van der Waals surface area (Å²) < 4.78 is 32.7. The molecule has 0 spiro atoms. The van der Waals surface area contributed by atoms with Crippen molar-refractivity contribution in [3.05, 3.63) is 59.2 Å². The van der Waals surface area contributed by atoms with Crippen molar-refractivity contribution in [2.75, 3.05) is 29.9 Å². The predicted molar refractivity (Wildman–Crippen MR) is 106 cm³/mol. The molecule has 0 bridgehead atoms. The van der Waals surface area contributed by atoms with E-state index in [4.69, 9.17) is 4.74 Å². The van der Waals surface area contributed by atoms with E-state index in [2.05, 4.69) is 4.72 Å². The summed E-state index contributed by atoms with van der Waals surface area (Å²) in [4.78, 5) is 14.0. The lowest BCUT2D eigenvalue weighted by molar-refractivity contribution is -0.122. The zero-order valence-electron chi connectivity index (χ0n) is 15.6. The number of nitrogens with one attached hydrogen (secondary N) is 1. The Labute approximate surface area is 160 Å². The highest BCUT2D eigenvalue weighted by Crippen LogP contribution is 2.30. The van der Waals surface area contributed by atoms with E-state index < -0.39 is 10.0 Å². The molecule has 0 radical (unpaired) electrons. The number of sulfonamides is 1. The van der Waals surface area contributed by atoms with E-state index in [1.54, 1.807) is 23.1 Å². The molecule has 144 valence electrons. The third-order valence-corrected chi connectivity index (χ3v) is 5.75. The van der Waals surface area contributed by atoms with Crippen molar-refractivity contribution in [1.82, 2.24) is 0 Å². The summed E-state index contributed by atoms with van der Waals surface area (Å²) in [6.07, 6.45) is 1.74. The average molecular weight is 388 g/mol. The summed E-state index contributed by atoms with van der Waals surface area (Å²) in [7, 11) is -2.07. The van der Waals surface area contributed by atoms with Gasteiger partial charge in [-0.25, -0.2) is 8.42 Å². The number of ether oxygens (including phenoxy) is 1. The number of methoxy groups -OCH3 is 1. The number of anilines is 2. The van der Waals surface area contributed by atoms with Gasteiger partial charge in [0.1, 0.15) is 6.61 Å². The van der Waals surface area contributed by atoms with Gasteiger partial charge in [0.15, 0.2) is 0 Å². The first-order chi connectivity index (χ1) is 12.9. The van der Waals surface area contributed by atoms with Gasteiger partial charge >= 0.3 is 0 Å². The highest BCUT2D eigenvalue weighted by atomic mass is 32.2. The van der Waals surface area contributed by atoms with Crippen LogP contribution in [0.3, 0.4) is 0 Å². The summed E-state index contributed by atoms with van der Waals surface area (Å²) in [5, 5.41) is 0. The Bertz CT molecular complexity index is 941. The molecule has 1 aliphatic heterocycles. The molecule has 2 aromatic carbocycles. The Morgan fingerprint density at radius 1 is 1.22 bits per heavy atom. The molecular formula is C20H24N2O4S. The standard InChI is InChI=1S/C20H24N2O4S/c1-15-5-3-6-16(11-15)14-27(24,25)21-18-9-8-17-7-4-10-22(19(17)12-18)20(23)13-26-2/h3,5-6,8-9,11-12,21H,4,7,10,13-14H2,1-2H3. The molecule has 0 unspecified atom stereocenters. The number of nitrogens with zero attached hydrogens (tertiary/aromatic N) is 1. The van der Waals surface area contributed by atoms with Crippen LogP contribution in [0.2, 0.25) is 0 Å². The van der Waals surface area contributed by atoms with Gasteiger partial charge in [0.25, 0.3) is 5.91 Å². The first kappa shape index (κ1) is 19.4. The van der Waals surface area contributed by atoms with Crippen LogP contribution in [0.5, 0.6) is 0 Å². The van der Waals surface area contributed by atoms with Crippen LogP contribution in [0.1, 0.15) is 23.1 Å². The van der Waals surface area contributed by atoms with Gasteiger partial charge in [0, 0.05) is 19.3 Å². The molecule has 0 aromatic heterocycles. The van der Waals surface area contributed by atoms with Crippen LogP contribution in [0.15, 0.2) is 42.5 Å². The Morgan fingerprint density at radius 2 is 2.04 bits per heavy atom. The van der Waals surface area contributed by atoms with Crippen LogP contribution in [0.25, 0.3) is 0 Å². The van der Waals surface area contributed by atoms with Gasteiger partial charge in [0.2, 0.25) is 10.0 Å². The quantitative estimate of drug-likeness (QED) is 0.826. The molecule has 0 fully saturated rings. The molecule has 2 aromatic rings. The first-order valence-electron chi connectivity index (χ1n) is 8.86. The number of rotatable bonds is 6. The topological polar surface area (TPSA) is 75.7 Å². The number of aryl methyl sites for hydroxylation is 2. The number of fused-ring (bicyclic) bond motifs is 1. The number of hydrogen-bond donors (Lipinski definition) is 1. The molecule has 1 amide bonds. The largest absolute Gasteiger partial charge is 0.375 e. The molecule has 3 rings (SSSR count). The van der Waals surface area contributed by atoms with Crippen LogP contribution >= 0.6 is 0 Å². The van der Waals surface area contributed by atoms with Crippen molar-refractivity contribution >= 4 is 27.3 Å². The van der Waals surface area contributed by atoms with E-state index >= 15 is 0 Å². The van der Waals surface area contributed by atoms with Crippen LogP contribution in [-0.2, 0) is 31.7 Å². The van der Waals surface area contributed by atoms with E-state index in [1.165, 1.54) is 7.11 Å². The highest BCUT2D eigenvalue weighted by Gasteiger charge is 2.23. The highest BCUT2D eigenvalue weighted by molar-refractivity contribution is 7.91. The van der Waals surface area contributed by atoms with Gasteiger partial charge in [-0.05, 0) is 43.0 Å². The fourth-order valence-corrected chi connectivity index (χ4v) is 4.51. The Hall–Kier alpha value is -2.38. The molecule has 1 aliphatic rings. The molecule has 0 atom stereocenters. The molecule has 1 N–H and O–H groups in total. The second-order valence-electron chi connectivity index (χ2n) is 6.78. The number of benzene rings is 2. The number of amides is 1. The van der Waals surface area contributed by atoms with Crippen molar-refractivity contribution in [3.63, 3.8) is 0 Å². The van der Waals surface area contributed by atoms with Crippen molar-refractivity contribution in [1.29, 1.82) is 0 Å². The van der Waals surface area contributed by atoms with E-state index in [0.29, 0.717) is 12.2 Å². The van der Waals surface area contributed by atoms with E-state index in [1.807, 2.05) is 31.2 Å². The van der Waals surface area contributed by atoms with Gasteiger partial charge in [-0.2, -0.15) is 0 Å². The van der Waals surface area contributed by atoms with Crippen LogP contribution in [-0.4, -0.2) is 34.6 Å². The van der Waals surface area contributed by atoms with Crippen LogP contribution in [0.4, 0.5) is 11.4 Å². The van der Waals surface area contributed by atoms with Crippen molar-refractivity contribution in [2.45, 2.75) is 25.5 Å². The zero-order chi connectivity index (χ0) is 19.4. The van der Waals surface area contributed by atoms with Crippen LogP contribution in [0, 0.1) is 6.92 Å². The zero-order valence-corrected chi connectivity index (χ0v) is 16.4. The van der Waals surface area contributed by atoms with Gasteiger partial charge in [-0.15, -0.1) is 0 Å². The summed E-state index contributed by atoms with van der Waals surface area (Å²) in [6, 6.07) is 12.8. The van der Waals surface area contributed by atoms with E-state index in [-0.39, 0.29) is 18.3 Å². The van der Waals surface area contributed by atoms with Crippen molar-refractivity contribution in [2.24, 2.45) is 0 Å². The molecule has 0 saturated heterocycles. The second kappa shape index (κ2) is 8.10. The Balaban J connectivity index is 1.81. The molecular weight excluding hydrogens is 364 g/mol. The molecule has 0 aliphatic carbocycles. The lowest BCUT2D eigenvalue weighted by Gasteiger charge is -2.30. The van der Waals surface area contributed by atoms with Gasteiger partial charge in [-0.3, -0.25) is 9.52 Å². The molecule has 0 saturated carbocycles. The number of carbonyl (C=O) groups is 1. The normalized spacial score (nSPS) is 13.9. The lowest BCUT2D eigenvalue weighted by atomic mass is 10.0. The van der Waals surface area contributed by atoms with Crippen molar-refractivity contribution < 1.29 is 17.9 Å². The maximum Gasteiger partial charge on any atom is 0.252 e. The molecule has 6 nitrogen and oxygen atoms in total.